The van der Waals surface area contributed by atoms with Crippen molar-refractivity contribution in [2.75, 3.05) is 14.1 Å². The van der Waals surface area contributed by atoms with Gasteiger partial charge in [0, 0.05) is 25.2 Å². The zero-order valence-corrected chi connectivity index (χ0v) is 11.2. The fourth-order valence-electron chi connectivity index (χ4n) is 1.14. The average Bonchev–Trinajstić information content (AvgIpc) is 2.63. The van der Waals surface area contributed by atoms with E-state index in [2.05, 4.69) is 10.3 Å². The van der Waals surface area contributed by atoms with Crippen LogP contribution in [0.1, 0.15) is 17.8 Å². The first-order chi connectivity index (χ1) is 7.90. The largest absolute Gasteiger partial charge is 0.359 e. The van der Waals surface area contributed by atoms with Gasteiger partial charge in [-0.2, -0.15) is 0 Å². The first-order valence-corrected chi connectivity index (χ1v) is 6.00. The van der Waals surface area contributed by atoms with Gasteiger partial charge in [-0.1, -0.05) is 11.6 Å². The molecule has 94 valence electrons. The van der Waals surface area contributed by atoms with E-state index >= 15 is 0 Å². The summed E-state index contributed by atoms with van der Waals surface area (Å²) >= 11 is 7.08. The van der Waals surface area contributed by atoms with Crippen LogP contribution in [0.3, 0.4) is 0 Å². The summed E-state index contributed by atoms with van der Waals surface area (Å²) in [5, 5.41) is 13.5. The van der Waals surface area contributed by atoms with Crippen LogP contribution in [0.2, 0.25) is 4.47 Å². The Bertz CT molecular complexity index is 432. The molecule has 1 rings (SSSR count). The second-order valence-electron chi connectivity index (χ2n) is 3.58. The Kier molecular flexibility index (Phi) is 4.71. The quantitative estimate of drug-likeness (QED) is 0.659. The van der Waals surface area contributed by atoms with Crippen molar-refractivity contribution in [3.8, 4) is 0 Å². The highest BCUT2D eigenvalue weighted by atomic mass is 35.5. The lowest BCUT2D eigenvalue weighted by molar-refractivity contribution is -0.404. The molecule has 17 heavy (non-hydrogen) atoms. The van der Waals surface area contributed by atoms with Crippen LogP contribution in [0.15, 0.2) is 18.2 Å². The van der Waals surface area contributed by atoms with Crippen LogP contribution >= 0.6 is 22.9 Å². The van der Waals surface area contributed by atoms with E-state index in [4.69, 9.17) is 11.6 Å². The molecule has 0 aliphatic rings. The van der Waals surface area contributed by atoms with Gasteiger partial charge in [0.05, 0.1) is 11.0 Å². The van der Waals surface area contributed by atoms with Crippen molar-refractivity contribution in [3.05, 3.63) is 37.7 Å². The number of hydrogen-bond donors (Lipinski definition) is 1. The van der Waals surface area contributed by atoms with E-state index in [9.17, 15) is 10.1 Å². The van der Waals surface area contributed by atoms with Gasteiger partial charge < -0.3 is 10.2 Å². The summed E-state index contributed by atoms with van der Waals surface area (Å²) in [7, 11) is 3.46. The maximum absolute atomic E-state index is 10.5. The van der Waals surface area contributed by atoms with Crippen molar-refractivity contribution >= 4 is 22.9 Å². The predicted molar refractivity (Wildman–Crippen MR) is 67.4 cm³/mol. The molecule has 0 radical (unpaired) electrons. The Morgan fingerprint density at radius 3 is 2.82 bits per heavy atom. The van der Waals surface area contributed by atoms with Gasteiger partial charge in [-0.15, -0.1) is 11.3 Å². The first kappa shape index (κ1) is 13.7. The SMILES string of the molecule is CC(N/C(=C/[N+](=O)[O-])N(C)C)c1cnc(Cl)s1. The number of nitrogens with zero attached hydrogens (tertiary/aromatic N) is 3. The molecule has 0 aliphatic carbocycles. The standard InChI is InChI=1S/C9H13ClN4O2S/c1-6(7-4-11-9(10)17-7)12-8(13(2)3)5-14(15)16/h4-6,12H,1-3H3/b8-5-. The predicted octanol–water partition coefficient (Wildman–Crippen LogP) is 2.08. The Morgan fingerprint density at radius 2 is 2.41 bits per heavy atom. The Labute approximate surface area is 108 Å². The summed E-state index contributed by atoms with van der Waals surface area (Å²) < 4.78 is 0.457. The van der Waals surface area contributed by atoms with Crippen molar-refractivity contribution in [1.82, 2.24) is 15.2 Å². The third-order valence-electron chi connectivity index (χ3n) is 2.00. The fourth-order valence-corrected chi connectivity index (χ4v) is 2.10. The maximum atomic E-state index is 10.5. The monoisotopic (exact) mass is 276 g/mol. The van der Waals surface area contributed by atoms with Crippen LogP contribution in [-0.2, 0) is 0 Å². The van der Waals surface area contributed by atoms with E-state index in [1.54, 1.807) is 25.2 Å². The minimum Gasteiger partial charge on any atom is -0.359 e. The van der Waals surface area contributed by atoms with E-state index < -0.39 is 4.92 Å². The number of halogens is 1. The summed E-state index contributed by atoms with van der Waals surface area (Å²) in [4.78, 5) is 16.5. The lowest BCUT2D eigenvalue weighted by Crippen LogP contribution is -2.28. The van der Waals surface area contributed by atoms with Crippen molar-refractivity contribution in [1.29, 1.82) is 0 Å². The molecular formula is C9H13ClN4O2S. The fraction of sp³-hybridized carbons (Fsp3) is 0.444. The summed E-state index contributed by atoms with van der Waals surface area (Å²) in [6.45, 7) is 1.89. The molecular weight excluding hydrogens is 264 g/mol. The zero-order valence-electron chi connectivity index (χ0n) is 9.68. The van der Waals surface area contributed by atoms with Gasteiger partial charge in [-0.05, 0) is 6.92 Å². The third kappa shape index (κ3) is 4.20. The van der Waals surface area contributed by atoms with Crippen molar-refractivity contribution in [2.24, 2.45) is 0 Å². The van der Waals surface area contributed by atoms with Crippen molar-refractivity contribution < 1.29 is 4.92 Å². The molecule has 1 atom stereocenters. The van der Waals surface area contributed by atoms with E-state index in [1.807, 2.05) is 6.92 Å². The van der Waals surface area contributed by atoms with Crippen LogP contribution in [0.4, 0.5) is 0 Å². The van der Waals surface area contributed by atoms with E-state index in [1.165, 1.54) is 11.3 Å². The highest BCUT2D eigenvalue weighted by Gasteiger charge is 2.13. The van der Waals surface area contributed by atoms with Gasteiger partial charge in [0.2, 0.25) is 0 Å². The molecule has 0 aromatic carbocycles. The molecule has 1 aromatic heterocycles. The van der Waals surface area contributed by atoms with Crippen LogP contribution in [-0.4, -0.2) is 28.9 Å². The van der Waals surface area contributed by atoms with Gasteiger partial charge in [0.25, 0.3) is 6.20 Å². The average molecular weight is 277 g/mol. The summed E-state index contributed by atoms with van der Waals surface area (Å²) in [5.74, 6) is 0.423. The molecule has 1 unspecified atom stereocenters. The normalized spacial score (nSPS) is 13.3. The smallest absolute Gasteiger partial charge is 0.274 e. The van der Waals surface area contributed by atoms with Crippen molar-refractivity contribution in [2.45, 2.75) is 13.0 Å². The lowest BCUT2D eigenvalue weighted by Gasteiger charge is -2.20. The first-order valence-electron chi connectivity index (χ1n) is 4.80. The molecule has 0 spiro atoms. The summed E-state index contributed by atoms with van der Waals surface area (Å²) in [6, 6.07) is -0.0893. The van der Waals surface area contributed by atoms with Gasteiger partial charge >= 0.3 is 0 Å². The Hall–Kier alpha value is -1.34. The second kappa shape index (κ2) is 5.83. The molecule has 0 fully saturated rings. The molecule has 0 bridgehead atoms. The van der Waals surface area contributed by atoms with Crippen LogP contribution in [0, 0.1) is 10.1 Å². The molecule has 0 saturated carbocycles. The molecule has 0 amide bonds. The third-order valence-corrected chi connectivity index (χ3v) is 3.29. The van der Waals surface area contributed by atoms with Crippen LogP contribution in [0.25, 0.3) is 0 Å². The number of hydrogen-bond acceptors (Lipinski definition) is 6. The maximum Gasteiger partial charge on any atom is 0.274 e. The summed E-state index contributed by atoms with van der Waals surface area (Å²) in [6.07, 6.45) is 2.59. The Morgan fingerprint density at radius 1 is 1.76 bits per heavy atom. The van der Waals surface area contributed by atoms with Crippen LogP contribution in [0.5, 0.6) is 0 Å². The molecule has 0 aliphatic heterocycles. The molecule has 0 saturated heterocycles. The van der Waals surface area contributed by atoms with Gasteiger partial charge in [-0.3, -0.25) is 10.1 Å². The highest BCUT2D eigenvalue weighted by Crippen LogP contribution is 2.24. The van der Waals surface area contributed by atoms with Crippen LogP contribution < -0.4 is 5.32 Å². The molecule has 8 heteroatoms. The number of thiazole rings is 1. The zero-order chi connectivity index (χ0) is 13.0. The highest BCUT2D eigenvalue weighted by molar-refractivity contribution is 7.15. The topological polar surface area (TPSA) is 71.3 Å². The number of nitrogens with one attached hydrogen (secondary N) is 1. The molecule has 6 nitrogen and oxygen atoms in total. The lowest BCUT2D eigenvalue weighted by atomic mass is 10.3. The van der Waals surface area contributed by atoms with Gasteiger partial charge in [0.15, 0.2) is 10.3 Å². The minimum atomic E-state index is -0.491. The van der Waals surface area contributed by atoms with Gasteiger partial charge in [0.1, 0.15) is 0 Å². The van der Waals surface area contributed by atoms with E-state index in [-0.39, 0.29) is 6.04 Å². The van der Waals surface area contributed by atoms with E-state index in [0.29, 0.717) is 10.3 Å². The summed E-state index contributed by atoms with van der Waals surface area (Å²) in [5.41, 5.74) is 0. The van der Waals surface area contributed by atoms with Crippen molar-refractivity contribution in [3.63, 3.8) is 0 Å². The number of aromatic nitrogens is 1. The number of nitro groups is 1. The van der Waals surface area contributed by atoms with E-state index in [0.717, 1.165) is 11.1 Å². The number of rotatable bonds is 5. The molecule has 1 aromatic rings. The second-order valence-corrected chi connectivity index (χ2v) is 5.22. The Balaban J connectivity index is 2.78. The molecule has 1 heterocycles. The minimum absolute atomic E-state index is 0.0893. The van der Waals surface area contributed by atoms with Gasteiger partial charge in [-0.25, -0.2) is 4.98 Å². The molecule has 1 N–H and O–H groups in total.